The van der Waals surface area contributed by atoms with Crippen molar-refractivity contribution >= 4 is 33.1 Å². The number of carbonyl (C=O) groups is 1. The Morgan fingerprint density at radius 1 is 0.769 bits per heavy atom. The van der Waals surface area contributed by atoms with Crippen molar-refractivity contribution in [3.63, 3.8) is 0 Å². The van der Waals surface area contributed by atoms with Crippen molar-refractivity contribution in [1.29, 1.82) is 0 Å². The molecule has 0 saturated carbocycles. The fraction of sp³-hybridized carbons (Fsp3) is 0.125. The predicted octanol–water partition coefficient (Wildman–Crippen LogP) is 5.49. The van der Waals surface area contributed by atoms with E-state index in [0.29, 0.717) is 6.42 Å². The summed E-state index contributed by atoms with van der Waals surface area (Å²) in [5.74, 6) is 0.247. The Kier molecular flexibility index (Phi) is 3.32. The zero-order valence-electron chi connectivity index (χ0n) is 14.6. The number of nitrogens with zero attached hydrogens (tertiary/aromatic N) is 1. The van der Waals surface area contributed by atoms with Gasteiger partial charge in [0, 0.05) is 25.1 Å². The first kappa shape index (κ1) is 15.2. The van der Waals surface area contributed by atoms with Crippen molar-refractivity contribution in [3.8, 4) is 0 Å². The van der Waals surface area contributed by atoms with Crippen LogP contribution in [0.3, 0.4) is 0 Å². The van der Waals surface area contributed by atoms with Crippen molar-refractivity contribution in [2.45, 2.75) is 12.3 Å². The number of benzene rings is 4. The van der Waals surface area contributed by atoms with E-state index < -0.39 is 0 Å². The van der Waals surface area contributed by atoms with Crippen molar-refractivity contribution in [1.82, 2.24) is 0 Å². The average molecular weight is 337 g/mol. The van der Waals surface area contributed by atoms with Crippen LogP contribution in [0, 0.1) is 0 Å². The molecule has 26 heavy (non-hydrogen) atoms. The quantitative estimate of drug-likeness (QED) is 0.450. The fourth-order valence-corrected chi connectivity index (χ4v) is 4.31. The number of fused-ring (bicyclic) bond motifs is 4. The molecule has 0 radical (unpaired) electrons. The molecule has 0 bridgehead atoms. The second-order valence-electron chi connectivity index (χ2n) is 7.00. The number of rotatable bonds is 1. The van der Waals surface area contributed by atoms with Crippen LogP contribution < -0.4 is 4.90 Å². The van der Waals surface area contributed by atoms with E-state index in [0.717, 1.165) is 5.69 Å². The second kappa shape index (κ2) is 5.70. The molecule has 0 spiro atoms. The van der Waals surface area contributed by atoms with Crippen LogP contribution in [0.4, 0.5) is 5.69 Å². The van der Waals surface area contributed by atoms with E-state index in [1.54, 1.807) is 0 Å². The van der Waals surface area contributed by atoms with Gasteiger partial charge in [0.15, 0.2) is 0 Å². The summed E-state index contributed by atoms with van der Waals surface area (Å²) in [4.78, 5) is 14.5. The molecule has 1 amide bonds. The number of hydrogen-bond donors (Lipinski definition) is 0. The SMILES string of the molecule is CN1C(=O)CC(c2cccc3ccccc23)c2c1ccc1ccccc21. The van der Waals surface area contributed by atoms with E-state index in [2.05, 4.69) is 78.9 Å². The first-order chi connectivity index (χ1) is 12.7. The van der Waals surface area contributed by atoms with Crippen LogP contribution in [-0.4, -0.2) is 13.0 Å². The van der Waals surface area contributed by atoms with Gasteiger partial charge in [-0.05, 0) is 38.7 Å². The van der Waals surface area contributed by atoms with E-state index in [4.69, 9.17) is 0 Å². The lowest BCUT2D eigenvalue weighted by Crippen LogP contribution is -2.33. The summed E-state index contributed by atoms with van der Waals surface area (Å²) < 4.78 is 0. The van der Waals surface area contributed by atoms with Gasteiger partial charge < -0.3 is 4.90 Å². The van der Waals surface area contributed by atoms with Crippen LogP contribution in [0.25, 0.3) is 21.5 Å². The summed E-state index contributed by atoms with van der Waals surface area (Å²) in [5.41, 5.74) is 3.53. The molecule has 0 aromatic heterocycles. The minimum Gasteiger partial charge on any atom is -0.315 e. The molecule has 0 N–H and O–H groups in total. The monoisotopic (exact) mass is 337 g/mol. The minimum absolute atomic E-state index is 0.0749. The third-order valence-corrected chi connectivity index (χ3v) is 5.61. The molecule has 1 aliphatic rings. The van der Waals surface area contributed by atoms with Gasteiger partial charge in [0.25, 0.3) is 0 Å². The molecule has 1 heterocycles. The molecular formula is C24H19NO. The lowest BCUT2D eigenvalue weighted by Gasteiger charge is -2.33. The number of hydrogen-bond acceptors (Lipinski definition) is 1. The van der Waals surface area contributed by atoms with Gasteiger partial charge in [-0.25, -0.2) is 0 Å². The summed E-state index contributed by atoms with van der Waals surface area (Å²) in [5, 5.41) is 4.91. The molecule has 5 rings (SSSR count). The van der Waals surface area contributed by atoms with Gasteiger partial charge in [0.1, 0.15) is 0 Å². The van der Waals surface area contributed by atoms with Gasteiger partial charge in [0.2, 0.25) is 5.91 Å². The van der Waals surface area contributed by atoms with Gasteiger partial charge in [-0.2, -0.15) is 0 Å². The van der Waals surface area contributed by atoms with E-state index >= 15 is 0 Å². The summed E-state index contributed by atoms with van der Waals surface area (Å²) in [6, 6.07) is 27.5. The molecule has 1 atom stereocenters. The molecule has 4 aromatic rings. The van der Waals surface area contributed by atoms with E-state index in [-0.39, 0.29) is 11.8 Å². The van der Waals surface area contributed by atoms with E-state index in [1.807, 2.05) is 11.9 Å². The third-order valence-electron chi connectivity index (χ3n) is 5.61. The summed E-state index contributed by atoms with van der Waals surface area (Å²) in [7, 11) is 1.88. The highest BCUT2D eigenvalue weighted by atomic mass is 16.2. The Morgan fingerprint density at radius 3 is 2.23 bits per heavy atom. The Morgan fingerprint density at radius 2 is 1.42 bits per heavy atom. The van der Waals surface area contributed by atoms with Crippen molar-refractivity contribution < 1.29 is 4.79 Å². The molecule has 0 saturated heterocycles. The zero-order valence-corrected chi connectivity index (χ0v) is 14.6. The highest BCUT2D eigenvalue weighted by Crippen LogP contribution is 2.45. The molecule has 1 aliphatic heterocycles. The van der Waals surface area contributed by atoms with Crippen LogP contribution in [0.5, 0.6) is 0 Å². The highest BCUT2D eigenvalue weighted by molar-refractivity contribution is 6.03. The molecule has 2 nitrogen and oxygen atoms in total. The highest BCUT2D eigenvalue weighted by Gasteiger charge is 2.32. The van der Waals surface area contributed by atoms with E-state index in [1.165, 1.54) is 32.7 Å². The Hall–Kier alpha value is -3.13. The standard InChI is InChI=1S/C24H19NO/c1-25-22-14-13-17-8-3-5-11-19(17)24(22)21(15-23(25)26)20-12-6-9-16-7-2-4-10-18(16)20/h2-14,21H,15H2,1H3. The van der Waals surface area contributed by atoms with Gasteiger partial charge in [-0.1, -0.05) is 72.8 Å². The van der Waals surface area contributed by atoms with Crippen LogP contribution >= 0.6 is 0 Å². The maximum atomic E-state index is 12.7. The number of carbonyl (C=O) groups excluding carboxylic acids is 1. The first-order valence-corrected chi connectivity index (χ1v) is 9.00. The number of anilines is 1. The summed E-state index contributed by atoms with van der Waals surface area (Å²) in [6.45, 7) is 0. The van der Waals surface area contributed by atoms with Crippen LogP contribution in [0.15, 0.2) is 78.9 Å². The normalized spacial score (nSPS) is 16.9. The molecule has 1 unspecified atom stereocenters. The maximum absolute atomic E-state index is 12.7. The molecular weight excluding hydrogens is 318 g/mol. The minimum atomic E-state index is 0.0749. The first-order valence-electron chi connectivity index (χ1n) is 9.00. The second-order valence-corrected chi connectivity index (χ2v) is 7.00. The molecule has 0 fully saturated rings. The van der Waals surface area contributed by atoms with E-state index in [9.17, 15) is 4.79 Å². The smallest absolute Gasteiger partial charge is 0.227 e. The van der Waals surface area contributed by atoms with Crippen molar-refractivity contribution in [3.05, 3.63) is 90.0 Å². The van der Waals surface area contributed by atoms with Gasteiger partial charge in [0.05, 0.1) is 0 Å². The van der Waals surface area contributed by atoms with Crippen LogP contribution in [0.1, 0.15) is 23.5 Å². The lowest BCUT2D eigenvalue weighted by molar-refractivity contribution is -0.118. The Balaban J connectivity index is 1.85. The predicted molar refractivity (Wildman–Crippen MR) is 108 cm³/mol. The van der Waals surface area contributed by atoms with Gasteiger partial charge >= 0.3 is 0 Å². The summed E-state index contributed by atoms with van der Waals surface area (Å²) in [6.07, 6.45) is 0.505. The molecule has 0 aliphatic carbocycles. The van der Waals surface area contributed by atoms with Crippen LogP contribution in [0.2, 0.25) is 0 Å². The molecule has 4 aromatic carbocycles. The fourth-order valence-electron chi connectivity index (χ4n) is 4.31. The topological polar surface area (TPSA) is 20.3 Å². The average Bonchev–Trinajstić information content (AvgIpc) is 2.70. The Bertz CT molecular complexity index is 1160. The summed E-state index contributed by atoms with van der Waals surface area (Å²) >= 11 is 0. The van der Waals surface area contributed by atoms with Crippen LogP contribution in [-0.2, 0) is 4.79 Å². The van der Waals surface area contributed by atoms with Crippen molar-refractivity contribution in [2.75, 3.05) is 11.9 Å². The van der Waals surface area contributed by atoms with Crippen molar-refractivity contribution in [2.24, 2.45) is 0 Å². The zero-order chi connectivity index (χ0) is 17.7. The Labute approximate surface area is 152 Å². The van der Waals surface area contributed by atoms with Gasteiger partial charge in [-0.3, -0.25) is 4.79 Å². The largest absolute Gasteiger partial charge is 0.315 e. The third kappa shape index (κ3) is 2.15. The molecule has 2 heteroatoms. The molecule has 126 valence electrons. The maximum Gasteiger partial charge on any atom is 0.227 e. The number of amides is 1. The lowest BCUT2D eigenvalue weighted by atomic mass is 9.80. The van der Waals surface area contributed by atoms with Gasteiger partial charge in [-0.15, -0.1) is 0 Å².